The zero-order chi connectivity index (χ0) is 21.4. The maximum atomic E-state index is 12.7. The molecule has 0 spiro atoms. The van der Waals surface area contributed by atoms with Gasteiger partial charge in [0, 0.05) is 32.6 Å². The van der Waals surface area contributed by atoms with E-state index in [1.54, 1.807) is 11.3 Å². The maximum absolute atomic E-state index is 12.7. The lowest BCUT2D eigenvalue weighted by molar-refractivity contribution is -0.131. The van der Waals surface area contributed by atoms with Crippen LogP contribution in [0.3, 0.4) is 0 Å². The molecule has 0 bridgehead atoms. The van der Waals surface area contributed by atoms with Gasteiger partial charge in [-0.05, 0) is 38.3 Å². The second kappa shape index (κ2) is 8.61. The Morgan fingerprint density at radius 1 is 1.06 bits per heavy atom. The quantitative estimate of drug-likeness (QED) is 0.580. The number of aromatic nitrogens is 3. The molecule has 0 atom stereocenters. The smallest absolute Gasteiger partial charge is 0.222 e. The third-order valence-electron chi connectivity index (χ3n) is 6.80. The number of anilines is 1. The van der Waals surface area contributed by atoms with Crippen molar-refractivity contribution in [1.29, 1.82) is 0 Å². The number of nitrogens with zero attached hydrogens (tertiary/aromatic N) is 5. The Bertz CT molecular complexity index is 1060. The molecule has 164 valence electrons. The number of hydrogen-bond acceptors (Lipinski definition) is 5. The van der Waals surface area contributed by atoms with Crippen molar-refractivity contribution in [3.63, 3.8) is 0 Å². The SMILES string of the molecule is Cc1ccc(-n2nc(C)c3sc(N4CCN(C(=O)CCC5CCCC5)CC4)nc32)cc1. The lowest BCUT2D eigenvalue weighted by Crippen LogP contribution is -2.48. The number of rotatable bonds is 5. The molecule has 0 unspecified atom stereocenters. The molecule has 1 aliphatic carbocycles. The topological polar surface area (TPSA) is 54.3 Å². The number of carbonyl (C=O) groups is 1. The number of thiazole rings is 1. The molecule has 3 heterocycles. The van der Waals surface area contributed by atoms with E-state index in [2.05, 4.69) is 47.9 Å². The van der Waals surface area contributed by atoms with Crippen molar-refractivity contribution in [2.45, 2.75) is 52.4 Å². The molecule has 0 N–H and O–H groups in total. The molecule has 1 aliphatic heterocycles. The normalized spacial score (nSPS) is 17.7. The second-order valence-electron chi connectivity index (χ2n) is 9.04. The molecule has 0 radical (unpaired) electrons. The van der Waals surface area contributed by atoms with Crippen LogP contribution in [0, 0.1) is 19.8 Å². The van der Waals surface area contributed by atoms with Crippen LogP contribution >= 0.6 is 11.3 Å². The molecule has 2 aromatic heterocycles. The van der Waals surface area contributed by atoms with Gasteiger partial charge in [-0.25, -0.2) is 4.68 Å². The summed E-state index contributed by atoms with van der Waals surface area (Å²) in [5.41, 5.74) is 4.22. The number of aryl methyl sites for hydroxylation is 2. The number of amides is 1. The van der Waals surface area contributed by atoms with Crippen molar-refractivity contribution < 1.29 is 4.79 Å². The predicted octanol–water partition coefficient (Wildman–Crippen LogP) is 4.72. The Labute approximate surface area is 187 Å². The van der Waals surface area contributed by atoms with Crippen LogP contribution in [0.15, 0.2) is 24.3 Å². The van der Waals surface area contributed by atoms with Crippen LogP contribution in [0.4, 0.5) is 5.13 Å². The fraction of sp³-hybridized carbons (Fsp3) is 0.542. The van der Waals surface area contributed by atoms with E-state index in [0.29, 0.717) is 5.91 Å². The van der Waals surface area contributed by atoms with Gasteiger partial charge >= 0.3 is 0 Å². The summed E-state index contributed by atoms with van der Waals surface area (Å²) in [4.78, 5) is 22.0. The summed E-state index contributed by atoms with van der Waals surface area (Å²) in [6.07, 6.45) is 7.13. The van der Waals surface area contributed by atoms with E-state index in [0.717, 1.165) is 71.8 Å². The van der Waals surface area contributed by atoms with E-state index in [-0.39, 0.29) is 0 Å². The predicted molar refractivity (Wildman–Crippen MR) is 126 cm³/mol. The highest BCUT2D eigenvalue weighted by Crippen LogP contribution is 2.33. The lowest BCUT2D eigenvalue weighted by Gasteiger charge is -2.34. The van der Waals surface area contributed by atoms with Crippen molar-refractivity contribution in [3.05, 3.63) is 35.5 Å². The summed E-state index contributed by atoms with van der Waals surface area (Å²) in [6.45, 7) is 7.43. The van der Waals surface area contributed by atoms with Crippen molar-refractivity contribution >= 4 is 32.7 Å². The molecule has 5 rings (SSSR count). The first-order chi connectivity index (χ1) is 15.1. The third kappa shape index (κ3) is 4.20. The van der Waals surface area contributed by atoms with E-state index in [1.807, 2.05) is 4.68 Å². The van der Waals surface area contributed by atoms with Crippen LogP contribution < -0.4 is 4.90 Å². The minimum atomic E-state index is 0.335. The Morgan fingerprint density at radius 2 is 1.77 bits per heavy atom. The number of piperazine rings is 1. The van der Waals surface area contributed by atoms with E-state index < -0.39 is 0 Å². The molecule has 1 saturated carbocycles. The zero-order valence-corrected chi connectivity index (χ0v) is 19.3. The number of benzene rings is 1. The number of carbonyl (C=O) groups excluding carboxylic acids is 1. The molecule has 3 aromatic rings. The maximum Gasteiger partial charge on any atom is 0.222 e. The van der Waals surface area contributed by atoms with Crippen LogP contribution in [0.25, 0.3) is 16.0 Å². The Kier molecular flexibility index (Phi) is 5.69. The van der Waals surface area contributed by atoms with Gasteiger partial charge in [-0.2, -0.15) is 10.1 Å². The standard InChI is InChI=1S/C24H31N5OS/c1-17-7-10-20(11-8-17)29-23-22(18(2)26-29)31-24(25-23)28-15-13-27(14-16-28)21(30)12-9-19-5-3-4-6-19/h7-8,10-11,19H,3-6,9,12-16H2,1-2H3. The third-order valence-corrected chi connectivity index (χ3v) is 8.01. The van der Waals surface area contributed by atoms with Gasteiger partial charge in [-0.1, -0.05) is 54.7 Å². The summed E-state index contributed by atoms with van der Waals surface area (Å²) < 4.78 is 3.10. The summed E-state index contributed by atoms with van der Waals surface area (Å²) in [6, 6.07) is 8.40. The second-order valence-corrected chi connectivity index (χ2v) is 10.0. The molecular weight excluding hydrogens is 406 g/mol. The monoisotopic (exact) mass is 437 g/mol. The van der Waals surface area contributed by atoms with Gasteiger partial charge in [0.05, 0.1) is 16.1 Å². The molecule has 2 fully saturated rings. The van der Waals surface area contributed by atoms with Gasteiger partial charge in [0.1, 0.15) is 0 Å². The van der Waals surface area contributed by atoms with E-state index >= 15 is 0 Å². The number of hydrogen-bond donors (Lipinski definition) is 0. The van der Waals surface area contributed by atoms with E-state index in [1.165, 1.54) is 31.2 Å². The lowest BCUT2D eigenvalue weighted by atomic mass is 10.0. The first-order valence-corrected chi connectivity index (χ1v) is 12.4. The van der Waals surface area contributed by atoms with Gasteiger partial charge in [0.25, 0.3) is 0 Å². The molecule has 6 nitrogen and oxygen atoms in total. The van der Waals surface area contributed by atoms with Crippen molar-refractivity contribution in [2.75, 3.05) is 31.1 Å². The molecule has 1 saturated heterocycles. The summed E-state index contributed by atoms with van der Waals surface area (Å²) in [7, 11) is 0. The van der Waals surface area contributed by atoms with Gasteiger partial charge in [-0.3, -0.25) is 4.79 Å². The Hall–Kier alpha value is -2.41. The minimum Gasteiger partial charge on any atom is -0.344 e. The van der Waals surface area contributed by atoms with Crippen LogP contribution in [-0.2, 0) is 4.79 Å². The van der Waals surface area contributed by atoms with Gasteiger partial charge in [0.2, 0.25) is 5.91 Å². The van der Waals surface area contributed by atoms with Gasteiger partial charge < -0.3 is 9.80 Å². The van der Waals surface area contributed by atoms with Crippen molar-refractivity contribution in [1.82, 2.24) is 19.7 Å². The number of fused-ring (bicyclic) bond motifs is 1. The highest BCUT2D eigenvalue weighted by Gasteiger charge is 2.25. The van der Waals surface area contributed by atoms with E-state index in [4.69, 9.17) is 10.1 Å². The molecule has 2 aliphatic rings. The highest BCUT2D eigenvalue weighted by atomic mass is 32.1. The first kappa shape index (κ1) is 20.5. The fourth-order valence-electron chi connectivity index (χ4n) is 4.86. The summed E-state index contributed by atoms with van der Waals surface area (Å²) in [5, 5.41) is 5.75. The highest BCUT2D eigenvalue weighted by molar-refractivity contribution is 7.22. The summed E-state index contributed by atoms with van der Waals surface area (Å²) >= 11 is 1.71. The van der Waals surface area contributed by atoms with Crippen LogP contribution in [0.2, 0.25) is 0 Å². The van der Waals surface area contributed by atoms with Gasteiger partial charge in [-0.15, -0.1) is 0 Å². The summed E-state index contributed by atoms with van der Waals surface area (Å²) in [5.74, 6) is 1.12. The molecule has 7 heteroatoms. The largest absolute Gasteiger partial charge is 0.344 e. The Balaban J connectivity index is 1.25. The zero-order valence-electron chi connectivity index (χ0n) is 18.5. The first-order valence-electron chi connectivity index (χ1n) is 11.5. The molecule has 1 amide bonds. The minimum absolute atomic E-state index is 0.335. The Morgan fingerprint density at radius 3 is 2.48 bits per heavy atom. The molecule has 31 heavy (non-hydrogen) atoms. The van der Waals surface area contributed by atoms with Gasteiger partial charge in [0.15, 0.2) is 10.8 Å². The average molecular weight is 438 g/mol. The van der Waals surface area contributed by atoms with Crippen LogP contribution in [0.1, 0.15) is 49.8 Å². The van der Waals surface area contributed by atoms with Crippen LogP contribution in [0.5, 0.6) is 0 Å². The van der Waals surface area contributed by atoms with Crippen LogP contribution in [-0.4, -0.2) is 51.8 Å². The van der Waals surface area contributed by atoms with E-state index in [9.17, 15) is 4.79 Å². The van der Waals surface area contributed by atoms with Crippen molar-refractivity contribution in [3.8, 4) is 5.69 Å². The molecular formula is C24H31N5OS. The fourth-order valence-corrected chi connectivity index (χ4v) is 5.89. The molecule has 1 aromatic carbocycles. The average Bonchev–Trinajstić information content (AvgIpc) is 3.52. The van der Waals surface area contributed by atoms with Crippen molar-refractivity contribution in [2.24, 2.45) is 5.92 Å².